The molecule has 2 aliphatic rings. The number of ether oxygens (including phenoxy) is 1. The average Bonchev–Trinajstić information content (AvgIpc) is 2.54. The van der Waals surface area contributed by atoms with Crippen LogP contribution < -0.4 is 5.32 Å². The van der Waals surface area contributed by atoms with Crippen LogP contribution in [0.25, 0.3) is 0 Å². The minimum atomic E-state index is -3.60. The summed E-state index contributed by atoms with van der Waals surface area (Å²) < 4.78 is 33.3. The fraction of sp³-hybridized carbons (Fsp3) is 0.643. The molecule has 116 valence electrons. The molecule has 1 saturated carbocycles. The number of hydrogen-bond acceptors (Lipinski definition) is 5. The minimum absolute atomic E-state index is 0.0315. The van der Waals surface area contributed by atoms with Crippen molar-refractivity contribution in [3.8, 4) is 0 Å². The summed E-state index contributed by atoms with van der Waals surface area (Å²) in [6.07, 6.45) is 5.53. The summed E-state index contributed by atoms with van der Waals surface area (Å²) >= 11 is 0. The Morgan fingerprint density at radius 1 is 1.38 bits per heavy atom. The molecule has 6 nitrogen and oxygen atoms in total. The van der Waals surface area contributed by atoms with Gasteiger partial charge in [0.2, 0.25) is 0 Å². The topological polar surface area (TPSA) is 71.5 Å². The Bertz CT molecular complexity index is 603. The molecule has 1 N–H and O–H groups in total. The highest BCUT2D eigenvalue weighted by Gasteiger charge is 2.42. The van der Waals surface area contributed by atoms with Gasteiger partial charge in [-0.3, -0.25) is 0 Å². The Morgan fingerprint density at radius 2 is 2.19 bits per heavy atom. The smallest absolute Gasteiger partial charge is 0.263 e. The first kappa shape index (κ1) is 14.7. The zero-order valence-electron chi connectivity index (χ0n) is 12.2. The fourth-order valence-electron chi connectivity index (χ4n) is 3.26. The molecular weight excluding hydrogens is 290 g/mol. The molecule has 0 bridgehead atoms. The van der Waals surface area contributed by atoms with E-state index in [9.17, 15) is 8.42 Å². The molecule has 7 heteroatoms. The van der Waals surface area contributed by atoms with Crippen LogP contribution in [-0.4, -0.2) is 50.1 Å². The molecule has 0 radical (unpaired) electrons. The van der Waals surface area contributed by atoms with E-state index in [1.807, 2.05) is 0 Å². The van der Waals surface area contributed by atoms with E-state index >= 15 is 0 Å². The molecule has 0 aromatic carbocycles. The first-order chi connectivity index (χ1) is 10.1. The first-order valence-electron chi connectivity index (χ1n) is 7.41. The van der Waals surface area contributed by atoms with E-state index in [2.05, 4.69) is 10.3 Å². The lowest BCUT2D eigenvalue weighted by molar-refractivity contribution is -0.0586. The van der Waals surface area contributed by atoms with Crippen molar-refractivity contribution in [2.24, 2.45) is 0 Å². The van der Waals surface area contributed by atoms with Crippen LogP contribution in [0.2, 0.25) is 0 Å². The van der Waals surface area contributed by atoms with Gasteiger partial charge in [-0.25, -0.2) is 13.4 Å². The number of rotatable bonds is 3. The van der Waals surface area contributed by atoms with Gasteiger partial charge in [0.05, 0.1) is 24.4 Å². The van der Waals surface area contributed by atoms with Gasteiger partial charge in [0.15, 0.2) is 5.03 Å². The molecule has 0 spiro atoms. The largest absolute Gasteiger partial charge is 0.386 e. The predicted molar refractivity (Wildman–Crippen MR) is 79.7 cm³/mol. The lowest BCUT2D eigenvalue weighted by Gasteiger charge is -2.42. The number of hydrogen-bond donors (Lipinski definition) is 1. The third-order valence-corrected chi connectivity index (χ3v) is 6.16. The summed E-state index contributed by atoms with van der Waals surface area (Å²) in [4.78, 5) is 4.10. The first-order valence-corrected chi connectivity index (χ1v) is 8.85. The molecule has 1 aliphatic heterocycles. The maximum atomic E-state index is 13.0. The van der Waals surface area contributed by atoms with Crippen LogP contribution in [0.15, 0.2) is 23.4 Å². The van der Waals surface area contributed by atoms with Crippen LogP contribution in [0.4, 0.5) is 5.69 Å². The van der Waals surface area contributed by atoms with Crippen molar-refractivity contribution in [2.45, 2.75) is 42.9 Å². The monoisotopic (exact) mass is 311 g/mol. The summed E-state index contributed by atoms with van der Waals surface area (Å²) in [5.41, 5.74) is 0.538. The van der Waals surface area contributed by atoms with Gasteiger partial charge < -0.3 is 10.1 Å². The van der Waals surface area contributed by atoms with Gasteiger partial charge in [0.1, 0.15) is 0 Å². The summed E-state index contributed by atoms with van der Waals surface area (Å²) in [5, 5.41) is 3.02. The number of aromatic nitrogens is 1. The minimum Gasteiger partial charge on any atom is -0.386 e. The molecule has 2 atom stereocenters. The SMILES string of the molecule is CNc1cccnc1S(=O)(=O)N1CCOC2CCCCC21. The number of anilines is 1. The molecule has 2 unspecified atom stereocenters. The lowest BCUT2D eigenvalue weighted by Crippen LogP contribution is -2.54. The highest BCUT2D eigenvalue weighted by molar-refractivity contribution is 7.89. The molecular formula is C14H21N3O3S. The maximum Gasteiger partial charge on any atom is 0.263 e. The summed E-state index contributed by atoms with van der Waals surface area (Å²) in [6.45, 7) is 0.866. The van der Waals surface area contributed by atoms with Gasteiger partial charge in [0, 0.05) is 19.8 Å². The lowest BCUT2D eigenvalue weighted by atomic mass is 9.91. The van der Waals surface area contributed by atoms with Crippen LogP contribution in [-0.2, 0) is 14.8 Å². The number of nitrogens with one attached hydrogen (secondary N) is 1. The number of nitrogens with zero attached hydrogens (tertiary/aromatic N) is 2. The van der Waals surface area contributed by atoms with Crippen LogP contribution in [0, 0.1) is 0 Å². The molecule has 2 heterocycles. The van der Waals surface area contributed by atoms with Gasteiger partial charge in [-0.2, -0.15) is 4.31 Å². The Balaban J connectivity index is 1.96. The van der Waals surface area contributed by atoms with Crippen molar-refractivity contribution in [2.75, 3.05) is 25.5 Å². The quantitative estimate of drug-likeness (QED) is 0.915. The second-order valence-corrected chi connectivity index (χ2v) is 7.29. The van der Waals surface area contributed by atoms with Gasteiger partial charge in [-0.15, -0.1) is 0 Å². The fourth-order valence-corrected chi connectivity index (χ4v) is 5.03. The van der Waals surface area contributed by atoms with E-state index in [1.54, 1.807) is 23.5 Å². The zero-order valence-corrected chi connectivity index (χ0v) is 13.0. The van der Waals surface area contributed by atoms with Crippen molar-refractivity contribution in [3.05, 3.63) is 18.3 Å². The Hall–Kier alpha value is -1.18. The molecule has 1 aromatic rings. The molecule has 2 fully saturated rings. The van der Waals surface area contributed by atoms with Crippen molar-refractivity contribution < 1.29 is 13.2 Å². The van der Waals surface area contributed by atoms with E-state index in [4.69, 9.17) is 4.74 Å². The second-order valence-electron chi connectivity index (χ2n) is 5.48. The Kier molecular flexibility index (Phi) is 4.14. The molecule has 1 aromatic heterocycles. The van der Waals surface area contributed by atoms with Crippen molar-refractivity contribution in [1.82, 2.24) is 9.29 Å². The Morgan fingerprint density at radius 3 is 3.00 bits per heavy atom. The summed E-state index contributed by atoms with van der Waals surface area (Å²) in [6, 6.07) is 3.41. The van der Waals surface area contributed by atoms with Crippen molar-refractivity contribution in [1.29, 1.82) is 0 Å². The van der Waals surface area contributed by atoms with E-state index in [-0.39, 0.29) is 17.2 Å². The number of sulfonamides is 1. The third kappa shape index (κ3) is 2.65. The van der Waals surface area contributed by atoms with Crippen LogP contribution in [0.3, 0.4) is 0 Å². The average molecular weight is 311 g/mol. The number of morpholine rings is 1. The standard InChI is InChI=1S/C14H21N3O3S/c1-15-11-5-4-8-16-14(11)21(18,19)17-9-10-20-13-7-3-2-6-12(13)17/h4-5,8,12-13,15H,2-3,6-7,9-10H2,1H3. The number of pyridine rings is 1. The van der Waals surface area contributed by atoms with Gasteiger partial charge in [-0.1, -0.05) is 12.8 Å². The summed E-state index contributed by atoms with van der Waals surface area (Å²) in [5.74, 6) is 0. The van der Waals surface area contributed by atoms with Crippen LogP contribution >= 0.6 is 0 Å². The molecule has 1 aliphatic carbocycles. The molecule has 21 heavy (non-hydrogen) atoms. The third-order valence-electron chi connectivity index (χ3n) is 4.27. The molecule has 3 rings (SSSR count). The maximum absolute atomic E-state index is 13.0. The normalized spacial score (nSPS) is 27.1. The van der Waals surface area contributed by atoms with Crippen LogP contribution in [0.1, 0.15) is 25.7 Å². The van der Waals surface area contributed by atoms with Crippen molar-refractivity contribution in [3.63, 3.8) is 0 Å². The second kappa shape index (κ2) is 5.90. The van der Waals surface area contributed by atoms with E-state index in [0.29, 0.717) is 18.8 Å². The predicted octanol–water partition coefficient (Wildman–Crippen LogP) is 1.46. The molecule has 0 amide bonds. The summed E-state index contributed by atoms with van der Waals surface area (Å²) in [7, 11) is -1.89. The highest BCUT2D eigenvalue weighted by Crippen LogP contribution is 2.33. The van der Waals surface area contributed by atoms with E-state index in [0.717, 1.165) is 25.7 Å². The highest BCUT2D eigenvalue weighted by atomic mass is 32.2. The number of fused-ring (bicyclic) bond motifs is 1. The zero-order chi connectivity index (χ0) is 14.9. The van der Waals surface area contributed by atoms with E-state index in [1.165, 1.54) is 6.20 Å². The van der Waals surface area contributed by atoms with Gasteiger partial charge in [-0.05, 0) is 25.0 Å². The van der Waals surface area contributed by atoms with E-state index < -0.39 is 10.0 Å². The Labute approximate surface area is 125 Å². The van der Waals surface area contributed by atoms with Crippen molar-refractivity contribution >= 4 is 15.7 Å². The van der Waals surface area contributed by atoms with Gasteiger partial charge >= 0.3 is 0 Å². The van der Waals surface area contributed by atoms with Crippen LogP contribution in [0.5, 0.6) is 0 Å². The molecule has 1 saturated heterocycles. The van der Waals surface area contributed by atoms with Gasteiger partial charge in [0.25, 0.3) is 10.0 Å².